The maximum Gasteiger partial charge on any atom is 0.148 e. The molecule has 2 heterocycles. The lowest BCUT2D eigenvalue weighted by atomic mass is 10.1. The predicted molar refractivity (Wildman–Crippen MR) is 75.8 cm³/mol. The molecular formula is C12H19N5S. The van der Waals surface area contributed by atoms with Crippen molar-refractivity contribution in [3.05, 3.63) is 22.3 Å². The van der Waals surface area contributed by atoms with Crippen molar-refractivity contribution >= 4 is 22.8 Å². The molecule has 0 aliphatic carbocycles. The molecule has 3 N–H and O–H groups in total. The Kier molecular flexibility index (Phi) is 3.30. The highest BCUT2D eigenvalue weighted by atomic mass is 32.1. The number of hydrogen-bond donors (Lipinski definition) is 2. The van der Waals surface area contributed by atoms with Gasteiger partial charge in [0.25, 0.3) is 0 Å². The lowest BCUT2D eigenvalue weighted by Gasteiger charge is -2.25. The van der Waals surface area contributed by atoms with Crippen LogP contribution in [0.3, 0.4) is 0 Å². The average molecular weight is 265 g/mol. The summed E-state index contributed by atoms with van der Waals surface area (Å²) in [5.41, 5.74) is 7.50. The van der Waals surface area contributed by atoms with Crippen molar-refractivity contribution in [3.63, 3.8) is 0 Å². The van der Waals surface area contributed by atoms with Crippen molar-refractivity contribution in [3.8, 4) is 0 Å². The number of nitrogen functional groups attached to an aromatic ring is 1. The summed E-state index contributed by atoms with van der Waals surface area (Å²) in [5, 5.41) is 10.8. The average Bonchev–Trinajstić information content (AvgIpc) is 2.93. The maximum absolute atomic E-state index is 6.11. The smallest absolute Gasteiger partial charge is 0.148 e. The first kappa shape index (κ1) is 12.9. The number of nitrogens with two attached hydrogens (primary N) is 1. The van der Waals surface area contributed by atoms with Crippen LogP contribution in [0.25, 0.3) is 0 Å². The number of anilines is 2. The normalized spacial score (nSPS) is 11.8. The third-order valence-electron chi connectivity index (χ3n) is 2.89. The molecule has 2 aromatic heterocycles. The molecule has 0 fully saturated rings. The van der Waals surface area contributed by atoms with E-state index in [4.69, 9.17) is 5.73 Å². The van der Waals surface area contributed by atoms with Gasteiger partial charge in [-0.3, -0.25) is 4.68 Å². The van der Waals surface area contributed by atoms with E-state index in [-0.39, 0.29) is 5.54 Å². The Morgan fingerprint density at radius 3 is 2.72 bits per heavy atom. The van der Waals surface area contributed by atoms with Gasteiger partial charge in [-0.2, -0.15) is 5.10 Å². The van der Waals surface area contributed by atoms with Gasteiger partial charge in [-0.05, 0) is 20.3 Å². The first-order chi connectivity index (χ1) is 8.45. The van der Waals surface area contributed by atoms with Crippen molar-refractivity contribution in [2.45, 2.75) is 32.7 Å². The van der Waals surface area contributed by atoms with Crippen molar-refractivity contribution in [2.75, 3.05) is 11.1 Å². The first-order valence-electron chi connectivity index (χ1n) is 5.95. The SMILES string of the molecule is CCc1nn(C)c(NC(C)(C)c2nccs2)c1N. The van der Waals surface area contributed by atoms with E-state index >= 15 is 0 Å². The molecular weight excluding hydrogens is 246 g/mol. The zero-order valence-electron chi connectivity index (χ0n) is 11.2. The fraction of sp³-hybridized carbons (Fsp3) is 0.500. The zero-order valence-corrected chi connectivity index (χ0v) is 12.0. The van der Waals surface area contributed by atoms with Crippen molar-refractivity contribution in [2.24, 2.45) is 7.05 Å². The van der Waals surface area contributed by atoms with E-state index in [9.17, 15) is 0 Å². The highest BCUT2D eigenvalue weighted by molar-refractivity contribution is 7.09. The Morgan fingerprint density at radius 1 is 1.50 bits per heavy atom. The van der Waals surface area contributed by atoms with Crippen LogP contribution in [0.5, 0.6) is 0 Å². The molecule has 0 aliphatic heterocycles. The third kappa shape index (κ3) is 2.20. The molecule has 0 atom stereocenters. The lowest BCUT2D eigenvalue weighted by molar-refractivity contribution is 0.590. The van der Waals surface area contributed by atoms with E-state index in [1.165, 1.54) is 0 Å². The number of nitrogens with one attached hydrogen (secondary N) is 1. The number of hydrogen-bond acceptors (Lipinski definition) is 5. The van der Waals surface area contributed by atoms with Gasteiger partial charge in [0.2, 0.25) is 0 Å². The molecule has 0 spiro atoms. The standard InChI is InChI=1S/C12H19N5S/c1-5-8-9(13)10(17(4)16-8)15-12(2,3)11-14-6-7-18-11/h6-7,15H,5,13H2,1-4H3. The van der Waals surface area contributed by atoms with E-state index in [2.05, 4.69) is 36.2 Å². The zero-order chi connectivity index (χ0) is 13.3. The number of thiazole rings is 1. The van der Waals surface area contributed by atoms with Crippen LogP contribution < -0.4 is 11.1 Å². The van der Waals surface area contributed by atoms with Gasteiger partial charge >= 0.3 is 0 Å². The van der Waals surface area contributed by atoms with Gasteiger partial charge in [0.05, 0.1) is 16.9 Å². The molecule has 5 nitrogen and oxygen atoms in total. The van der Waals surface area contributed by atoms with Crippen LogP contribution in [0.1, 0.15) is 31.5 Å². The largest absolute Gasteiger partial charge is 0.394 e. The molecule has 0 saturated carbocycles. The van der Waals surface area contributed by atoms with Crippen LogP contribution in [0.2, 0.25) is 0 Å². The minimum absolute atomic E-state index is 0.263. The number of nitrogens with zero attached hydrogens (tertiary/aromatic N) is 3. The Labute approximate surface area is 111 Å². The van der Waals surface area contributed by atoms with Gasteiger partial charge < -0.3 is 11.1 Å². The second kappa shape index (κ2) is 4.61. The molecule has 0 unspecified atom stereocenters. The molecule has 0 aliphatic rings. The Morgan fingerprint density at radius 2 is 2.22 bits per heavy atom. The van der Waals surface area contributed by atoms with Crippen LogP contribution in [0.4, 0.5) is 11.5 Å². The summed E-state index contributed by atoms with van der Waals surface area (Å²) >= 11 is 1.63. The van der Waals surface area contributed by atoms with Gasteiger partial charge in [0.15, 0.2) is 0 Å². The molecule has 2 rings (SSSR count). The summed E-state index contributed by atoms with van der Waals surface area (Å²) in [4.78, 5) is 4.36. The molecule has 6 heteroatoms. The van der Waals surface area contributed by atoms with Gasteiger partial charge in [0.1, 0.15) is 10.8 Å². The molecule has 98 valence electrons. The lowest BCUT2D eigenvalue weighted by Crippen LogP contribution is -2.29. The third-order valence-corrected chi connectivity index (χ3v) is 3.99. The first-order valence-corrected chi connectivity index (χ1v) is 6.83. The maximum atomic E-state index is 6.11. The van der Waals surface area contributed by atoms with E-state index in [0.29, 0.717) is 0 Å². The number of aryl methyl sites for hydroxylation is 2. The van der Waals surface area contributed by atoms with Crippen LogP contribution in [-0.4, -0.2) is 14.8 Å². The Balaban J connectivity index is 2.32. The summed E-state index contributed by atoms with van der Waals surface area (Å²) in [6.45, 7) is 6.22. The molecule has 0 amide bonds. The van der Waals surface area contributed by atoms with E-state index < -0.39 is 0 Å². The van der Waals surface area contributed by atoms with Crippen molar-refractivity contribution < 1.29 is 0 Å². The highest BCUT2D eigenvalue weighted by Gasteiger charge is 2.26. The summed E-state index contributed by atoms with van der Waals surface area (Å²) in [6, 6.07) is 0. The molecule has 0 bridgehead atoms. The van der Waals surface area contributed by atoms with Crippen LogP contribution in [0, 0.1) is 0 Å². The van der Waals surface area contributed by atoms with Crippen LogP contribution >= 0.6 is 11.3 Å². The second-order valence-electron chi connectivity index (χ2n) is 4.77. The van der Waals surface area contributed by atoms with Crippen molar-refractivity contribution in [1.29, 1.82) is 0 Å². The minimum atomic E-state index is -0.263. The summed E-state index contributed by atoms with van der Waals surface area (Å²) in [7, 11) is 1.90. The summed E-state index contributed by atoms with van der Waals surface area (Å²) < 4.78 is 1.80. The van der Waals surface area contributed by atoms with Gasteiger partial charge in [-0.25, -0.2) is 4.98 Å². The molecule has 2 aromatic rings. The summed E-state index contributed by atoms with van der Waals surface area (Å²) in [5.74, 6) is 0.854. The second-order valence-corrected chi connectivity index (χ2v) is 5.67. The Bertz CT molecular complexity index is 527. The fourth-order valence-corrected chi connectivity index (χ4v) is 2.60. The van der Waals surface area contributed by atoms with Crippen LogP contribution in [-0.2, 0) is 19.0 Å². The molecule has 0 radical (unpaired) electrons. The monoisotopic (exact) mass is 265 g/mol. The number of aromatic nitrogens is 3. The molecule has 18 heavy (non-hydrogen) atoms. The Hall–Kier alpha value is -1.56. The topological polar surface area (TPSA) is 68.8 Å². The minimum Gasteiger partial charge on any atom is -0.394 e. The molecule has 0 aromatic carbocycles. The summed E-state index contributed by atoms with van der Waals surface area (Å²) in [6.07, 6.45) is 2.65. The van der Waals surface area contributed by atoms with Gasteiger partial charge in [-0.15, -0.1) is 11.3 Å². The van der Waals surface area contributed by atoms with Gasteiger partial charge in [0, 0.05) is 18.6 Å². The quantitative estimate of drug-likeness (QED) is 0.890. The van der Waals surface area contributed by atoms with E-state index in [1.54, 1.807) is 16.0 Å². The predicted octanol–water partition coefficient (Wildman–Crippen LogP) is 2.37. The number of rotatable bonds is 4. The van der Waals surface area contributed by atoms with E-state index in [0.717, 1.165) is 28.6 Å². The van der Waals surface area contributed by atoms with Gasteiger partial charge in [-0.1, -0.05) is 6.92 Å². The molecule has 0 saturated heterocycles. The highest BCUT2D eigenvalue weighted by Crippen LogP contribution is 2.31. The van der Waals surface area contributed by atoms with Crippen molar-refractivity contribution in [1.82, 2.24) is 14.8 Å². The van der Waals surface area contributed by atoms with Crippen LogP contribution in [0.15, 0.2) is 11.6 Å². The fourth-order valence-electron chi connectivity index (χ4n) is 1.89. The van der Waals surface area contributed by atoms with E-state index in [1.807, 2.05) is 18.6 Å².